The van der Waals surface area contributed by atoms with E-state index in [4.69, 9.17) is 11.6 Å². The predicted octanol–water partition coefficient (Wildman–Crippen LogP) is 3.00. The zero-order valence-electron chi connectivity index (χ0n) is 15.1. The molecular weight excluding hydrogens is 416 g/mol. The van der Waals surface area contributed by atoms with Crippen molar-refractivity contribution in [3.05, 3.63) is 90.9 Å². The van der Waals surface area contributed by atoms with Gasteiger partial charge < -0.3 is 5.11 Å². The fourth-order valence-electron chi connectivity index (χ4n) is 3.04. The van der Waals surface area contributed by atoms with Gasteiger partial charge in [-0.3, -0.25) is 9.59 Å². The van der Waals surface area contributed by atoms with Crippen LogP contribution in [0.3, 0.4) is 0 Å². The summed E-state index contributed by atoms with van der Waals surface area (Å²) >= 11 is 5.78. The summed E-state index contributed by atoms with van der Waals surface area (Å²) in [6, 6.07) is 11.0. The van der Waals surface area contributed by atoms with E-state index in [-0.39, 0.29) is 16.6 Å². The molecule has 0 fully saturated rings. The standard InChI is InChI=1S/C19H13ClN4O6/c20-13-7-5-11(6-8-13)18(26)24(22-30)16(19(27)28)9-12-10-17(25)23(21-29)15-4-2-1-3-14(12)15/h1-8,10,16H,9H2,(H,27,28). The van der Waals surface area contributed by atoms with Gasteiger partial charge in [-0.1, -0.05) is 29.8 Å². The molecule has 10 nitrogen and oxygen atoms in total. The Morgan fingerprint density at radius 3 is 2.37 bits per heavy atom. The van der Waals surface area contributed by atoms with Crippen molar-refractivity contribution in [1.29, 1.82) is 0 Å². The minimum Gasteiger partial charge on any atom is -0.480 e. The molecule has 0 aliphatic rings. The number of rotatable bonds is 7. The second kappa shape index (κ2) is 8.62. The van der Waals surface area contributed by atoms with E-state index in [1.165, 1.54) is 30.3 Å². The van der Waals surface area contributed by atoms with Crippen LogP contribution in [0, 0.1) is 9.81 Å². The Bertz CT molecular complexity index is 1210. The zero-order valence-corrected chi connectivity index (χ0v) is 15.9. The van der Waals surface area contributed by atoms with E-state index < -0.39 is 29.9 Å². The smallest absolute Gasteiger partial charge is 0.329 e. The zero-order chi connectivity index (χ0) is 21.8. The first-order valence-corrected chi connectivity index (χ1v) is 8.87. The normalized spacial score (nSPS) is 11.6. The van der Waals surface area contributed by atoms with Crippen molar-refractivity contribution in [3.63, 3.8) is 0 Å². The Labute approximate surface area is 173 Å². The van der Waals surface area contributed by atoms with E-state index in [0.717, 1.165) is 6.07 Å². The second-order valence-corrected chi connectivity index (χ2v) is 6.65. The van der Waals surface area contributed by atoms with Crippen molar-refractivity contribution in [1.82, 2.24) is 9.69 Å². The number of aliphatic carboxylic acids is 1. The molecule has 0 aliphatic heterocycles. The van der Waals surface area contributed by atoms with Gasteiger partial charge in [0, 0.05) is 28.5 Å². The van der Waals surface area contributed by atoms with Gasteiger partial charge >= 0.3 is 5.97 Å². The van der Waals surface area contributed by atoms with Gasteiger partial charge in [0.05, 0.1) is 16.1 Å². The first kappa shape index (κ1) is 20.8. The molecule has 30 heavy (non-hydrogen) atoms. The number of carboxylic acid groups (broad SMARTS) is 1. The largest absolute Gasteiger partial charge is 0.480 e. The summed E-state index contributed by atoms with van der Waals surface area (Å²) in [5.41, 5.74) is -0.401. The molecule has 0 aliphatic carbocycles. The number of fused-ring (bicyclic) bond motifs is 1. The molecule has 0 bridgehead atoms. The van der Waals surface area contributed by atoms with Crippen LogP contribution in [-0.4, -0.2) is 32.7 Å². The molecule has 0 spiro atoms. The van der Waals surface area contributed by atoms with Gasteiger partial charge in [0.1, 0.15) is 0 Å². The molecule has 2 aromatic carbocycles. The average Bonchev–Trinajstić information content (AvgIpc) is 2.73. The lowest BCUT2D eigenvalue weighted by Gasteiger charge is -2.22. The summed E-state index contributed by atoms with van der Waals surface area (Å²) in [6.07, 6.45) is -0.407. The Kier molecular flexibility index (Phi) is 5.98. The van der Waals surface area contributed by atoms with Crippen LogP contribution < -0.4 is 5.56 Å². The molecule has 3 aromatic rings. The Hall–Kier alpha value is -3.92. The number of nitrogens with zero attached hydrogens (tertiary/aromatic N) is 4. The average molecular weight is 429 g/mol. The fraction of sp³-hybridized carbons (Fsp3) is 0.105. The minimum absolute atomic E-state index is 0.00989. The molecule has 1 unspecified atom stereocenters. The lowest BCUT2D eigenvalue weighted by Crippen LogP contribution is -2.43. The summed E-state index contributed by atoms with van der Waals surface area (Å²) in [5, 5.41) is 15.9. The molecule has 3 rings (SSSR count). The second-order valence-electron chi connectivity index (χ2n) is 6.21. The molecule has 0 saturated heterocycles. The van der Waals surface area contributed by atoms with E-state index in [1.54, 1.807) is 18.2 Å². The number of hydrogen-bond acceptors (Lipinski definition) is 7. The van der Waals surface area contributed by atoms with Crippen LogP contribution in [-0.2, 0) is 11.2 Å². The SMILES string of the molecule is O=NN(C(=O)c1ccc(Cl)cc1)C(Cc1cc(=O)n(N=O)c2ccccc12)C(=O)O. The summed E-state index contributed by atoms with van der Waals surface area (Å²) < 4.78 is 0.628. The highest BCUT2D eigenvalue weighted by Crippen LogP contribution is 2.21. The quantitative estimate of drug-likeness (QED) is 0.453. The number of carboxylic acids is 1. The van der Waals surface area contributed by atoms with E-state index in [9.17, 15) is 29.3 Å². The van der Waals surface area contributed by atoms with Crippen molar-refractivity contribution in [2.75, 3.05) is 0 Å². The number of halogens is 1. The molecular formula is C19H13ClN4O6. The molecule has 1 amide bonds. The van der Waals surface area contributed by atoms with Gasteiger partial charge in [-0.25, -0.2) is 4.79 Å². The minimum atomic E-state index is -1.70. The number of pyridine rings is 1. The van der Waals surface area contributed by atoms with Crippen LogP contribution in [0.25, 0.3) is 10.9 Å². The molecule has 1 aromatic heterocycles. The van der Waals surface area contributed by atoms with Crippen LogP contribution >= 0.6 is 11.6 Å². The number of para-hydroxylation sites is 1. The van der Waals surface area contributed by atoms with Crippen LogP contribution in [0.2, 0.25) is 5.02 Å². The molecule has 1 atom stereocenters. The van der Waals surface area contributed by atoms with Gasteiger partial charge in [-0.2, -0.15) is 9.69 Å². The van der Waals surface area contributed by atoms with Crippen molar-refractivity contribution in [3.8, 4) is 0 Å². The maximum Gasteiger partial charge on any atom is 0.329 e. The van der Waals surface area contributed by atoms with Gasteiger partial charge in [0.25, 0.3) is 11.5 Å². The van der Waals surface area contributed by atoms with Crippen molar-refractivity contribution in [2.24, 2.45) is 10.6 Å². The van der Waals surface area contributed by atoms with Crippen molar-refractivity contribution in [2.45, 2.75) is 12.5 Å². The van der Waals surface area contributed by atoms with Crippen LogP contribution in [0.5, 0.6) is 0 Å². The van der Waals surface area contributed by atoms with Gasteiger partial charge in [-0.15, -0.1) is 9.81 Å². The molecule has 1 N–H and O–H groups in total. The lowest BCUT2D eigenvalue weighted by atomic mass is 10.0. The third-order valence-electron chi connectivity index (χ3n) is 4.45. The van der Waals surface area contributed by atoms with Gasteiger partial charge in [0.2, 0.25) is 0 Å². The monoisotopic (exact) mass is 428 g/mol. The molecule has 0 radical (unpaired) electrons. The highest BCUT2D eigenvalue weighted by Gasteiger charge is 2.33. The van der Waals surface area contributed by atoms with Crippen LogP contribution in [0.15, 0.2) is 70.0 Å². The van der Waals surface area contributed by atoms with E-state index >= 15 is 0 Å². The maximum atomic E-state index is 12.7. The van der Waals surface area contributed by atoms with Gasteiger partial charge in [0.15, 0.2) is 6.04 Å². The van der Waals surface area contributed by atoms with Crippen LogP contribution in [0.1, 0.15) is 15.9 Å². The lowest BCUT2D eigenvalue weighted by molar-refractivity contribution is -0.142. The number of aromatic nitrogens is 1. The number of carbonyl (C=O) groups is 2. The highest BCUT2D eigenvalue weighted by atomic mass is 35.5. The molecule has 11 heteroatoms. The highest BCUT2D eigenvalue weighted by molar-refractivity contribution is 6.30. The number of hydrogen-bond donors (Lipinski definition) is 1. The van der Waals surface area contributed by atoms with E-state index in [1.807, 2.05) is 0 Å². The maximum absolute atomic E-state index is 12.7. The molecule has 152 valence electrons. The number of benzene rings is 2. The summed E-state index contributed by atoms with van der Waals surface area (Å²) in [7, 11) is 0. The fourth-order valence-corrected chi connectivity index (χ4v) is 3.16. The Morgan fingerprint density at radius 1 is 1.10 bits per heavy atom. The summed E-state index contributed by atoms with van der Waals surface area (Å²) in [4.78, 5) is 59.1. The topological polar surface area (TPSA) is 138 Å². The van der Waals surface area contributed by atoms with Gasteiger partial charge in [-0.05, 0) is 35.9 Å². The van der Waals surface area contributed by atoms with E-state index in [0.29, 0.717) is 20.1 Å². The third-order valence-corrected chi connectivity index (χ3v) is 4.70. The van der Waals surface area contributed by atoms with Crippen molar-refractivity contribution >= 4 is 34.4 Å². The summed E-state index contributed by atoms with van der Waals surface area (Å²) in [6.45, 7) is 0. The number of amides is 1. The van der Waals surface area contributed by atoms with E-state index in [2.05, 4.69) is 10.6 Å². The molecule has 1 heterocycles. The van der Waals surface area contributed by atoms with Crippen molar-refractivity contribution < 1.29 is 14.7 Å². The number of nitroso groups, excluding NO2 is 2. The first-order chi connectivity index (χ1) is 14.4. The Balaban J connectivity index is 2.05. The third kappa shape index (κ3) is 3.94. The number of carbonyl (C=O) groups excluding carboxylic acids is 1. The summed E-state index contributed by atoms with van der Waals surface area (Å²) in [5.74, 6) is -2.44. The first-order valence-electron chi connectivity index (χ1n) is 8.50. The van der Waals surface area contributed by atoms with Crippen LogP contribution in [0.4, 0.5) is 0 Å². The Morgan fingerprint density at radius 2 is 1.77 bits per heavy atom. The molecule has 0 saturated carbocycles. The predicted molar refractivity (Wildman–Crippen MR) is 108 cm³/mol.